The van der Waals surface area contributed by atoms with E-state index in [1.165, 1.54) is 18.5 Å². The number of benzene rings is 1. The molecular formula is C16H23FN6O. The number of nitrogens with two attached hydrogens (primary N) is 1. The second-order valence-corrected chi connectivity index (χ2v) is 5.55. The second kappa shape index (κ2) is 8.30. The molecule has 4 N–H and O–H groups in total. The highest BCUT2D eigenvalue weighted by molar-refractivity contribution is 5.87. The Labute approximate surface area is 140 Å². The third-order valence-electron chi connectivity index (χ3n) is 3.36. The van der Waals surface area contributed by atoms with Crippen LogP contribution in [-0.4, -0.2) is 55.6 Å². The molecule has 0 aliphatic carbocycles. The molecule has 8 heteroatoms. The van der Waals surface area contributed by atoms with Gasteiger partial charge in [0.25, 0.3) is 0 Å². The summed E-state index contributed by atoms with van der Waals surface area (Å²) in [5, 5.41) is 9.51. The van der Waals surface area contributed by atoms with E-state index in [-0.39, 0.29) is 5.75 Å². The van der Waals surface area contributed by atoms with E-state index in [4.69, 9.17) is 10.5 Å². The summed E-state index contributed by atoms with van der Waals surface area (Å²) in [6.07, 6.45) is 3.82. The Morgan fingerprint density at radius 3 is 2.88 bits per heavy atom. The van der Waals surface area contributed by atoms with Crippen molar-refractivity contribution in [2.24, 2.45) is 4.99 Å². The summed E-state index contributed by atoms with van der Waals surface area (Å²) >= 11 is 0. The number of hydrogen-bond acceptors (Lipinski definition) is 6. The van der Waals surface area contributed by atoms with Gasteiger partial charge in [0.15, 0.2) is 11.6 Å². The van der Waals surface area contributed by atoms with Crippen LogP contribution in [0.2, 0.25) is 0 Å². The number of H-pyrrole nitrogens is 1. The van der Waals surface area contributed by atoms with Gasteiger partial charge in [-0.25, -0.2) is 4.39 Å². The molecule has 1 aromatic carbocycles. The van der Waals surface area contributed by atoms with Crippen molar-refractivity contribution in [3.8, 4) is 5.75 Å². The Morgan fingerprint density at radius 2 is 2.25 bits per heavy atom. The Bertz CT molecular complexity index is 698. The highest BCUT2D eigenvalue weighted by atomic mass is 19.1. The van der Waals surface area contributed by atoms with Crippen LogP contribution >= 0.6 is 0 Å². The summed E-state index contributed by atoms with van der Waals surface area (Å²) in [5.74, 6) is -0.248. The van der Waals surface area contributed by atoms with Crippen LogP contribution in [0.25, 0.3) is 0 Å². The fourth-order valence-corrected chi connectivity index (χ4v) is 2.07. The molecule has 0 spiro atoms. The van der Waals surface area contributed by atoms with E-state index in [1.807, 2.05) is 14.1 Å². The molecule has 0 saturated carbocycles. The zero-order valence-corrected chi connectivity index (χ0v) is 14.1. The van der Waals surface area contributed by atoms with Gasteiger partial charge in [-0.1, -0.05) is 0 Å². The van der Waals surface area contributed by atoms with Crippen molar-refractivity contribution in [1.82, 2.24) is 15.1 Å². The fraction of sp³-hybridized carbons (Fsp3) is 0.375. The minimum Gasteiger partial charge on any atom is -0.490 e. The minimum atomic E-state index is -0.455. The van der Waals surface area contributed by atoms with Crippen LogP contribution in [0.1, 0.15) is 12.1 Å². The number of rotatable bonds is 8. The first kappa shape index (κ1) is 17.7. The monoisotopic (exact) mass is 334 g/mol. The lowest BCUT2D eigenvalue weighted by molar-refractivity contribution is 0.271. The van der Waals surface area contributed by atoms with Crippen molar-refractivity contribution in [2.75, 3.05) is 45.3 Å². The standard InChI is InChI=1S/C16H23FN6O/c1-19-13-8-16(24-6-4-5-23(2)3)11(17)7-14(13)20-10-15-12(18)9-21-22-15/h7-10,19H,4-6,18H2,1-3H3,(H,21,22). The second-order valence-electron chi connectivity index (χ2n) is 5.55. The van der Waals surface area contributed by atoms with Gasteiger partial charge in [-0.05, 0) is 20.5 Å². The largest absolute Gasteiger partial charge is 0.490 e. The number of nitrogen functional groups attached to an aromatic ring is 1. The maximum Gasteiger partial charge on any atom is 0.167 e. The minimum absolute atomic E-state index is 0.207. The van der Waals surface area contributed by atoms with Crippen LogP contribution in [0.5, 0.6) is 5.75 Å². The number of aromatic nitrogens is 2. The lowest BCUT2D eigenvalue weighted by atomic mass is 10.2. The first-order chi connectivity index (χ1) is 11.5. The smallest absolute Gasteiger partial charge is 0.167 e. The molecule has 7 nitrogen and oxygen atoms in total. The molecule has 0 atom stereocenters. The Kier molecular flexibility index (Phi) is 6.14. The van der Waals surface area contributed by atoms with E-state index < -0.39 is 5.82 Å². The highest BCUT2D eigenvalue weighted by Crippen LogP contribution is 2.32. The fourth-order valence-electron chi connectivity index (χ4n) is 2.07. The number of hydrogen-bond donors (Lipinski definition) is 3. The molecule has 0 amide bonds. The van der Waals surface area contributed by atoms with E-state index in [0.717, 1.165) is 13.0 Å². The van der Waals surface area contributed by atoms with Crippen molar-refractivity contribution in [1.29, 1.82) is 0 Å². The molecule has 0 unspecified atom stereocenters. The van der Waals surface area contributed by atoms with Crippen molar-refractivity contribution in [3.63, 3.8) is 0 Å². The van der Waals surface area contributed by atoms with Crippen LogP contribution in [0.3, 0.4) is 0 Å². The molecule has 2 aromatic rings. The van der Waals surface area contributed by atoms with Gasteiger partial charge >= 0.3 is 0 Å². The lowest BCUT2D eigenvalue weighted by Crippen LogP contribution is -2.15. The lowest BCUT2D eigenvalue weighted by Gasteiger charge is -2.13. The molecule has 24 heavy (non-hydrogen) atoms. The van der Waals surface area contributed by atoms with Crippen molar-refractivity contribution >= 4 is 23.3 Å². The van der Waals surface area contributed by atoms with Gasteiger partial charge in [0.05, 0.1) is 41.8 Å². The number of nitrogens with one attached hydrogen (secondary N) is 2. The summed E-state index contributed by atoms with van der Waals surface area (Å²) in [5.41, 5.74) is 7.88. The first-order valence-electron chi connectivity index (χ1n) is 7.63. The normalized spacial score (nSPS) is 11.4. The summed E-state index contributed by atoms with van der Waals surface area (Å²) < 4.78 is 19.7. The third-order valence-corrected chi connectivity index (χ3v) is 3.36. The molecule has 0 fully saturated rings. The van der Waals surface area contributed by atoms with Crippen molar-refractivity contribution in [2.45, 2.75) is 6.42 Å². The predicted octanol–water partition coefficient (Wildman–Crippen LogP) is 2.25. The quantitative estimate of drug-likeness (QED) is 0.509. The molecule has 2 rings (SSSR count). The van der Waals surface area contributed by atoms with Crippen LogP contribution in [0.4, 0.5) is 21.5 Å². The number of aromatic amines is 1. The average Bonchev–Trinajstić information content (AvgIpc) is 2.95. The molecule has 0 aliphatic rings. The van der Waals surface area contributed by atoms with Crippen LogP contribution in [0, 0.1) is 5.82 Å². The number of anilines is 2. The van der Waals surface area contributed by atoms with Crippen molar-refractivity contribution < 1.29 is 9.13 Å². The van der Waals surface area contributed by atoms with Gasteiger partial charge in [-0.3, -0.25) is 10.1 Å². The third kappa shape index (κ3) is 4.69. The molecule has 1 heterocycles. The zero-order chi connectivity index (χ0) is 17.5. The molecule has 0 saturated heterocycles. The highest BCUT2D eigenvalue weighted by Gasteiger charge is 2.10. The maximum atomic E-state index is 14.2. The van der Waals surface area contributed by atoms with Gasteiger partial charge < -0.3 is 20.7 Å². The Morgan fingerprint density at radius 1 is 1.46 bits per heavy atom. The van der Waals surface area contributed by atoms with E-state index in [1.54, 1.807) is 13.1 Å². The van der Waals surface area contributed by atoms with Gasteiger partial charge in [-0.15, -0.1) is 0 Å². The van der Waals surface area contributed by atoms with Crippen LogP contribution in [0.15, 0.2) is 23.3 Å². The predicted molar refractivity (Wildman–Crippen MR) is 94.9 cm³/mol. The summed E-state index contributed by atoms with van der Waals surface area (Å²) in [6.45, 7) is 1.33. The number of ether oxygens (including phenoxy) is 1. The molecule has 0 radical (unpaired) electrons. The summed E-state index contributed by atoms with van der Waals surface area (Å²) in [7, 11) is 5.71. The summed E-state index contributed by atoms with van der Waals surface area (Å²) in [4.78, 5) is 6.31. The van der Waals surface area contributed by atoms with E-state index in [9.17, 15) is 4.39 Å². The number of nitrogens with zero attached hydrogens (tertiary/aromatic N) is 3. The zero-order valence-electron chi connectivity index (χ0n) is 14.1. The maximum absolute atomic E-state index is 14.2. The molecule has 1 aromatic heterocycles. The number of halogens is 1. The van der Waals surface area contributed by atoms with Gasteiger partial charge in [-0.2, -0.15) is 5.10 Å². The molecular weight excluding hydrogens is 311 g/mol. The average molecular weight is 334 g/mol. The van der Waals surface area contributed by atoms with Gasteiger partial charge in [0.2, 0.25) is 0 Å². The summed E-state index contributed by atoms with van der Waals surface area (Å²) in [6, 6.07) is 2.93. The Balaban J connectivity index is 2.11. The van der Waals surface area contributed by atoms with E-state index >= 15 is 0 Å². The van der Waals surface area contributed by atoms with Crippen molar-refractivity contribution in [3.05, 3.63) is 29.8 Å². The van der Waals surface area contributed by atoms with E-state index in [0.29, 0.717) is 29.4 Å². The molecule has 130 valence electrons. The number of aliphatic imine (C=N–C) groups is 1. The Hall–Kier alpha value is -2.61. The SMILES string of the molecule is CNc1cc(OCCCN(C)C)c(F)cc1N=Cc1[nH]ncc1N. The topological polar surface area (TPSA) is 91.6 Å². The molecule has 0 aliphatic heterocycles. The van der Waals surface area contributed by atoms with Crippen LogP contribution < -0.4 is 15.8 Å². The molecule has 0 bridgehead atoms. The first-order valence-corrected chi connectivity index (χ1v) is 7.63. The van der Waals surface area contributed by atoms with Gasteiger partial charge in [0, 0.05) is 25.7 Å². The van der Waals surface area contributed by atoms with Gasteiger partial charge in [0.1, 0.15) is 0 Å². The van der Waals surface area contributed by atoms with E-state index in [2.05, 4.69) is 25.4 Å². The van der Waals surface area contributed by atoms with Crippen LogP contribution in [-0.2, 0) is 0 Å².